The molecule has 10 nitrogen and oxygen atoms in total. The van der Waals surface area contributed by atoms with E-state index in [4.69, 9.17) is 0 Å². The number of nitrogens with zero attached hydrogens (tertiary/aromatic N) is 1. The second-order valence-electron chi connectivity index (χ2n) is 7.65. The van der Waals surface area contributed by atoms with Crippen molar-refractivity contribution in [2.75, 3.05) is 25.0 Å². The predicted octanol–water partition coefficient (Wildman–Crippen LogP) is 2.04. The Balaban J connectivity index is 1.61. The summed E-state index contributed by atoms with van der Waals surface area (Å²) in [4.78, 5) is 29.3. The van der Waals surface area contributed by atoms with Crippen molar-refractivity contribution < 1.29 is 24.9 Å². The lowest BCUT2D eigenvalue weighted by Gasteiger charge is -2.20. The molecule has 0 fully saturated rings. The van der Waals surface area contributed by atoms with E-state index in [1.807, 2.05) is 41.6 Å². The highest BCUT2D eigenvalue weighted by atomic mass is 127. The summed E-state index contributed by atoms with van der Waals surface area (Å²) in [5, 5.41) is 41.2. The van der Waals surface area contributed by atoms with Crippen LogP contribution in [-0.4, -0.2) is 58.8 Å². The van der Waals surface area contributed by atoms with Gasteiger partial charge in [0.25, 0.3) is 5.91 Å². The Morgan fingerprint density at radius 2 is 1.97 bits per heavy atom. The average molecular weight is 693 g/mol. The normalized spacial score (nSPS) is 16.1. The van der Waals surface area contributed by atoms with Gasteiger partial charge < -0.3 is 36.6 Å². The number of guanidine groups is 1. The number of benzene rings is 2. The second-order valence-corrected chi connectivity index (χ2v) is 10.1. The molecular formula is C22H25I2N5O5. The van der Waals surface area contributed by atoms with Crippen LogP contribution in [0.2, 0.25) is 0 Å². The molecule has 0 aromatic heterocycles. The van der Waals surface area contributed by atoms with Crippen LogP contribution in [0.5, 0.6) is 11.5 Å². The number of carbonyl (C=O) groups is 2. The quantitative estimate of drug-likeness (QED) is 0.219. The van der Waals surface area contributed by atoms with Crippen molar-refractivity contribution in [2.45, 2.75) is 25.5 Å². The summed E-state index contributed by atoms with van der Waals surface area (Å²) in [6.07, 6.45) is -0.00687. The number of rotatable bonds is 7. The number of hydrogen-bond donors (Lipinski definition) is 7. The number of halogens is 2. The second kappa shape index (κ2) is 11.9. The first-order chi connectivity index (χ1) is 16.2. The van der Waals surface area contributed by atoms with Crippen molar-refractivity contribution in [3.63, 3.8) is 0 Å². The van der Waals surface area contributed by atoms with Crippen molar-refractivity contribution in [3.8, 4) is 11.5 Å². The van der Waals surface area contributed by atoms with E-state index in [-0.39, 0.29) is 30.2 Å². The molecule has 0 saturated carbocycles. The highest BCUT2D eigenvalue weighted by molar-refractivity contribution is 14.1. The molecule has 2 atom stereocenters. The minimum absolute atomic E-state index is 0.128. The topological polar surface area (TPSA) is 155 Å². The zero-order valence-corrected chi connectivity index (χ0v) is 22.5. The molecule has 12 heteroatoms. The van der Waals surface area contributed by atoms with Gasteiger partial charge in [0.2, 0.25) is 5.91 Å². The van der Waals surface area contributed by atoms with Gasteiger partial charge in [-0.2, -0.15) is 0 Å². The maximum Gasteiger partial charge on any atom is 0.251 e. The van der Waals surface area contributed by atoms with Crippen molar-refractivity contribution in [1.82, 2.24) is 16.0 Å². The van der Waals surface area contributed by atoms with E-state index >= 15 is 0 Å². The number of phenolic OH excluding ortho intramolecular Hbond substituents is 2. The van der Waals surface area contributed by atoms with Gasteiger partial charge in [-0.15, -0.1) is 0 Å². The predicted molar refractivity (Wildman–Crippen MR) is 145 cm³/mol. The van der Waals surface area contributed by atoms with Crippen LogP contribution >= 0.6 is 45.2 Å². The minimum Gasteiger partial charge on any atom is -0.508 e. The number of aliphatic hydroxyl groups is 1. The zero-order valence-electron chi connectivity index (χ0n) is 18.2. The zero-order chi connectivity index (χ0) is 24.8. The van der Waals surface area contributed by atoms with Gasteiger partial charge in [-0.25, -0.2) is 0 Å². The van der Waals surface area contributed by atoms with Gasteiger partial charge in [0, 0.05) is 33.0 Å². The molecule has 34 heavy (non-hydrogen) atoms. The number of anilines is 1. The Hall–Kier alpha value is -2.33. The van der Waals surface area contributed by atoms with Gasteiger partial charge >= 0.3 is 0 Å². The number of amides is 2. The summed E-state index contributed by atoms with van der Waals surface area (Å²) in [6.45, 7) is 2.20. The fraction of sp³-hybridized carbons (Fsp3) is 0.318. The van der Waals surface area contributed by atoms with Crippen molar-refractivity contribution in [1.29, 1.82) is 0 Å². The molecule has 7 N–H and O–H groups in total. The van der Waals surface area contributed by atoms with Gasteiger partial charge in [-0.05, 0) is 75.9 Å². The molecule has 0 bridgehead atoms. The van der Waals surface area contributed by atoms with Crippen LogP contribution in [0.15, 0.2) is 35.3 Å². The molecule has 1 heterocycles. The van der Waals surface area contributed by atoms with E-state index in [9.17, 15) is 24.9 Å². The van der Waals surface area contributed by atoms with E-state index in [0.717, 1.165) is 3.57 Å². The van der Waals surface area contributed by atoms with E-state index in [1.165, 1.54) is 18.2 Å². The SMILES string of the molecule is CCC(NC(=O)CNC(=O)c1cc(O)cc(NC2=NCC(O)CN2)c1)c1cc(I)cc(I)c1O. The maximum absolute atomic E-state index is 12.6. The number of phenols is 2. The first-order valence-corrected chi connectivity index (χ1v) is 12.6. The van der Waals surface area contributed by atoms with E-state index < -0.39 is 24.0 Å². The van der Waals surface area contributed by atoms with E-state index in [2.05, 4.69) is 48.9 Å². The standard InChI is InChI=1S/C22H25I2N5O5/c1-2-18(16-5-12(23)6-17(24)20(16)33)29-19(32)10-25-21(34)11-3-13(7-14(30)4-11)28-22-26-8-15(31)9-27-22/h3-7,15,18,30-31,33H,2,8-10H2,1H3,(H,25,34)(H,29,32)(H2,26,27,28). The number of nitrogens with one attached hydrogen (secondary N) is 4. The molecular weight excluding hydrogens is 668 g/mol. The molecule has 0 radical (unpaired) electrons. The molecule has 182 valence electrons. The Kier molecular flexibility index (Phi) is 9.18. The average Bonchev–Trinajstić information content (AvgIpc) is 2.79. The first kappa shape index (κ1) is 26.3. The fourth-order valence-corrected chi connectivity index (χ4v) is 5.22. The number of aliphatic hydroxyl groups excluding tert-OH is 1. The molecule has 0 saturated heterocycles. The van der Waals surface area contributed by atoms with Crippen LogP contribution in [0.4, 0.5) is 5.69 Å². The fourth-order valence-electron chi connectivity index (χ4n) is 3.33. The van der Waals surface area contributed by atoms with Crippen LogP contribution in [-0.2, 0) is 4.79 Å². The Labute approximate surface area is 223 Å². The molecule has 0 aliphatic carbocycles. The third-order valence-electron chi connectivity index (χ3n) is 4.99. The molecule has 2 aromatic carbocycles. The molecule has 2 aromatic rings. The molecule has 1 aliphatic heterocycles. The number of carbonyl (C=O) groups excluding carboxylic acids is 2. The summed E-state index contributed by atoms with van der Waals surface area (Å²) in [5.74, 6) is -0.538. The van der Waals surface area contributed by atoms with Crippen LogP contribution in [0.25, 0.3) is 0 Å². The first-order valence-electron chi connectivity index (χ1n) is 10.5. The van der Waals surface area contributed by atoms with Crippen LogP contribution in [0, 0.1) is 7.14 Å². The highest BCUT2D eigenvalue weighted by Crippen LogP contribution is 2.32. The van der Waals surface area contributed by atoms with Crippen LogP contribution in [0.3, 0.4) is 0 Å². The molecule has 2 unspecified atom stereocenters. The lowest BCUT2D eigenvalue weighted by atomic mass is 10.0. The smallest absolute Gasteiger partial charge is 0.251 e. The van der Waals surface area contributed by atoms with Crippen molar-refractivity contribution >= 4 is 68.6 Å². The van der Waals surface area contributed by atoms with Crippen molar-refractivity contribution in [2.24, 2.45) is 4.99 Å². The summed E-state index contributed by atoms with van der Waals surface area (Å²) < 4.78 is 1.63. The molecule has 2 amide bonds. The Morgan fingerprint density at radius 1 is 1.21 bits per heavy atom. The molecule has 0 spiro atoms. The van der Waals surface area contributed by atoms with Gasteiger partial charge in [0.05, 0.1) is 28.8 Å². The summed E-state index contributed by atoms with van der Waals surface area (Å²) >= 11 is 4.19. The van der Waals surface area contributed by atoms with E-state index in [1.54, 1.807) is 0 Å². The van der Waals surface area contributed by atoms with Gasteiger partial charge in [-0.3, -0.25) is 14.6 Å². The molecule has 1 aliphatic rings. The van der Waals surface area contributed by atoms with Gasteiger partial charge in [-0.1, -0.05) is 6.92 Å². The van der Waals surface area contributed by atoms with Gasteiger partial charge in [0.15, 0.2) is 5.96 Å². The minimum atomic E-state index is -0.562. The third kappa shape index (κ3) is 7.09. The summed E-state index contributed by atoms with van der Waals surface area (Å²) in [7, 11) is 0. The largest absolute Gasteiger partial charge is 0.508 e. The van der Waals surface area contributed by atoms with E-state index in [0.29, 0.717) is 33.7 Å². The summed E-state index contributed by atoms with van der Waals surface area (Å²) in [6, 6.07) is 7.49. The van der Waals surface area contributed by atoms with Crippen LogP contribution in [0.1, 0.15) is 35.3 Å². The van der Waals surface area contributed by atoms with Crippen molar-refractivity contribution in [3.05, 3.63) is 48.6 Å². The lowest BCUT2D eigenvalue weighted by molar-refractivity contribution is -0.120. The van der Waals surface area contributed by atoms with Gasteiger partial charge in [0.1, 0.15) is 11.5 Å². The third-order valence-corrected chi connectivity index (χ3v) is 6.44. The Morgan fingerprint density at radius 3 is 2.65 bits per heavy atom. The van der Waals surface area contributed by atoms with Crippen LogP contribution < -0.4 is 21.3 Å². The monoisotopic (exact) mass is 693 g/mol. The highest BCUT2D eigenvalue weighted by Gasteiger charge is 2.20. The maximum atomic E-state index is 12.6. The number of hydrogen-bond acceptors (Lipinski definition) is 8. The number of β-amino-alcohol motifs (C(OH)–C–C–N with tert-alkyl or cyclic N) is 1. The lowest BCUT2D eigenvalue weighted by Crippen LogP contribution is -2.42. The molecule has 3 rings (SSSR count). The number of aromatic hydroxyl groups is 2. The number of aliphatic imine (C=N–C) groups is 1. The Bertz CT molecular complexity index is 1110. The summed E-state index contributed by atoms with van der Waals surface area (Å²) in [5.41, 5.74) is 1.20.